The standard InChI is InChI=1S/C16H26N2/c1-13(11-17-3)14(2)18-10-9-16(12-18)15-7-5-4-6-8-15/h4-8,13-14,16-17H,9-12H2,1-3H3. The fourth-order valence-electron chi connectivity index (χ4n) is 3.01. The van der Waals surface area contributed by atoms with Crippen molar-refractivity contribution < 1.29 is 0 Å². The molecule has 1 aromatic carbocycles. The summed E-state index contributed by atoms with van der Waals surface area (Å²) in [6.07, 6.45) is 1.31. The molecule has 1 aliphatic heterocycles. The molecule has 1 aliphatic rings. The van der Waals surface area contributed by atoms with Crippen molar-refractivity contribution in [3.05, 3.63) is 35.9 Å². The van der Waals surface area contributed by atoms with Crippen molar-refractivity contribution in [1.82, 2.24) is 10.2 Å². The molecule has 1 fully saturated rings. The van der Waals surface area contributed by atoms with E-state index < -0.39 is 0 Å². The molecule has 0 aromatic heterocycles. The van der Waals surface area contributed by atoms with Crippen LogP contribution in [0.3, 0.4) is 0 Å². The minimum absolute atomic E-state index is 0.672. The summed E-state index contributed by atoms with van der Waals surface area (Å²) < 4.78 is 0. The number of rotatable bonds is 5. The van der Waals surface area contributed by atoms with Crippen molar-refractivity contribution >= 4 is 0 Å². The van der Waals surface area contributed by atoms with Gasteiger partial charge in [-0.05, 0) is 50.9 Å². The summed E-state index contributed by atoms with van der Waals surface area (Å²) in [5, 5.41) is 3.29. The molecule has 2 heteroatoms. The van der Waals surface area contributed by atoms with Gasteiger partial charge in [-0.3, -0.25) is 4.90 Å². The van der Waals surface area contributed by atoms with Crippen LogP contribution < -0.4 is 5.32 Å². The lowest BCUT2D eigenvalue weighted by atomic mass is 9.98. The molecule has 2 nitrogen and oxygen atoms in total. The molecule has 1 N–H and O–H groups in total. The van der Waals surface area contributed by atoms with Crippen LogP contribution in [-0.2, 0) is 0 Å². The van der Waals surface area contributed by atoms with Gasteiger partial charge in [0.2, 0.25) is 0 Å². The summed E-state index contributed by atoms with van der Waals surface area (Å²) in [6, 6.07) is 11.6. The van der Waals surface area contributed by atoms with Crippen molar-refractivity contribution in [1.29, 1.82) is 0 Å². The lowest BCUT2D eigenvalue weighted by Crippen LogP contribution is -2.39. The van der Waals surface area contributed by atoms with E-state index >= 15 is 0 Å². The van der Waals surface area contributed by atoms with Crippen LogP contribution in [0.15, 0.2) is 30.3 Å². The van der Waals surface area contributed by atoms with E-state index in [0.717, 1.165) is 12.5 Å². The van der Waals surface area contributed by atoms with Crippen molar-refractivity contribution in [3.63, 3.8) is 0 Å². The van der Waals surface area contributed by atoms with Crippen LogP contribution in [0.4, 0.5) is 0 Å². The van der Waals surface area contributed by atoms with Gasteiger partial charge in [-0.1, -0.05) is 37.3 Å². The summed E-state index contributed by atoms with van der Waals surface area (Å²) in [7, 11) is 2.04. The highest BCUT2D eigenvalue weighted by Gasteiger charge is 2.28. The molecule has 0 radical (unpaired) electrons. The molecule has 1 heterocycles. The second kappa shape index (κ2) is 6.35. The van der Waals surface area contributed by atoms with Crippen LogP contribution in [0.5, 0.6) is 0 Å². The molecular weight excluding hydrogens is 220 g/mol. The maximum absolute atomic E-state index is 3.29. The van der Waals surface area contributed by atoms with E-state index in [2.05, 4.69) is 54.4 Å². The molecule has 2 rings (SSSR count). The molecule has 100 valence electrons. The third-order valence-electron chi connectivity index (χ3n) is 4.42. The molecule has 0 saturated carbocycles. The molecule has 3 unspecified atom stereocenters. The molecule has 0 aliphatic carbocycles. The average Bonchev–Trinajstić information content (AvgIpc) is 2.89. The molecule has 18 heavy (non-hydrogen) atoms. The molecule has 0 bridgehead atoms. The first kappa shape index (κ1) is 13.6. The fourth-order valence-corrected chi connectivity index (χ4v) is 3.01. The van der Waals surface area contributed by atoms with Gasteiger partial charge in [-0.2, -0.15) is 0 Å². The lowest BCUT2D eigenvalue weighted by molar-refractivity contribution is 0.195. The number of hydrogen-bond donors (Lipinski definition) is 1. The molecular formula is C16H26N2. The van der Waals surface area contributed by atoms with E-state index in [1.807, 2.05) is 7.05 Å². The first-order valence-corrected chi connectivity index (χ1v) is 7.16. The highest BCUT2D eigenvalue weighted by Crippen LogP contribution is 2.29. The Bertz CT molecular complexity index is 349. The molecule has 3 atom stereocenters. The van der Waals surface area contributed by atoms with Gasteiger partial charge in [0.1, 0.15) is 0 Å². The predicted octanol–water partition coefficient (Wildman–Crippen LogP) is 2.72. The third-order valence-corrected chi connectivity index (χ3v) is 4.42. The quantitative estimate of drug-likeness (QED) is 0.859. The number of hydrogen-bond acceptors (Lipinski definition) is 2. The summed E-state index contributed by atoms with van der Waals surface area (Å²) in [6.45, 7) is 8.29. The Kier molecular flexibility index (Phi) is 4.79. The van der Waals surface area contributed by atoms with Crippen LogP contribution >= 0.6 is 0 Å². The Hall–Kier alpha value is -0.860. The van der Waals surface area contributed by atoms with Gasteiger partial charge in [-0.25, -0.2) is 0 Å². The van der Waals surface area contributed by atoms with E-state index in [1.165, 1.54) is 25.1 Å². The van der Waals surface area contributed by atoms with E-state index in [9.17, 15) is 0 Å². The second-order valence-corrected chi connectivity index (χ2v) is 5.67. The maximum atomic E-state index is 3.29. The Morgan fingerprint density at radius 2 is 2.00 bits per heavy atom. The molecule has 0 spiro atoms. The number of benzene rings is 1. The van der Waals surface area contributed by atoms with Crippen molar-refractivity contribution in [3.8, 4) is 0 Å². The Morgan fingerprint density at radius 1 is 1.28 bits per heavy atom. The van der Waals surface area contributed by atoms with Crippen molar-refractivity contribution in [2.75, 3.05) is 26.7 Å². The smallest absolute Gasteiger partial charge is 0.0105 e. The normalized spacial score (nSPS) is 24.1. The van der Waals surface area contributed by atoms with Gasteiger partial charge in [0.25, 0.3) is 0 Å². The van der Waals surface area contributed by atoms with Crippen molar-refractivity contribution in [2.24, 2.45) is 5.92 Å². The second-order valence-electron chi connectivity index (χ2n) is 5.67. The zero-order valence-corrected chi connectivity index (χ0v) is 11.9. The summed E-state index contributed by atoms with van der Waals surface area (Å²) >= 11 is 0. The van der Waals surface area contributed by atoms with Crippen LogP contribution in [0.25, 0.3) is 0 Å². The number of nitrogens with zero attached hydrogens (tertiary/aromatic N) is 1. The monoisotopic (exact) mass is 246 g/mol. The molecule has 1 aromatic rings. The summed E-state index contributed by atoms with van der Waals surface area (Å²) in [5.74, 6) is 1.44. The van der Waals surface area contributed by atoms with Crippen LogP contribution in [0.1, 0.15) is 31.7 Å². The topological polar surface area (TPSA) is 15.3 Å². The zero-order chi connectivity index (χ0) is 13.0. The predicted molar refractivity (Wildman–Crippen MR) is 77.9 cm³/mol. The SMILES string of the molecule is CNCC(C)C(C)N1CCC(c2ccccc2)C1. The Labute approximate surface area is 111 Å². The van der Waals surface area contributed by atoms with E-state index in [4.69, 9.17) is 0 Å². The first-order valence-electron chi connectivity index (χ1n) is 7.16. The average molecular weight is 246 g/mol. The third kappa shape index (κ3) is 3.12. The molecule has 0 amide bonds. The van der Waals surface area contributed by atoms with E-state index in [-0.39, 0.29) is 0 Å². The summed E-state index contributed by atoms with van der Waals surface area (Å²) in [4.78, 5) is 2.65. The molecule has 1 saturated heterocycles. The van der Waals surface area contributed by atoms with Gasteiger partial charge in [0.15, 0.2) is 0 Å². The summed E-state index contributed by atoms with van der Waals surface area (Å²) in [5.41, 5.74) is 1.51. The van der Waals surface area contributed by atoms with Gasteiger partial charge < -0.3 is 5.32 Å². The minimum atomic E-state index is 0.672. The van der Waals surface area contributed by atoms with Crippen LogP contribution in [0, 0.1) is 5.92 Å². The van der Waals surface area contributed by atoms with Crippen LogP contribution in [-0.4, -0.2) is 37.6 Å². The number of nitrogens with one attached hydrogen (secondary N) is 1. The minimum Gasteiger partial charge on any atom is -0.319 e. The van der Waals surface area contributed by atoms with Gasteiger partial charge in [-0.15, -0.1) is 0 Å². The van der Waals surface area contributed by atoms with E-state index in [0.29, 0.717) is 12.0 Å². The largest absolute Gasteiger partial charge is 0.319 e. The Morgan fingerprint density at radius 3 is 2.67 bits per heavy atom. The first-order chi connectivity index (χ1) is 8.72. The van der Waals surface area contributed by atoms with E-state index in [1.54, 1.807) is 0 Å². The highest BCUT2D eigenvalue weighted by atomic mass is 15.2. The maximum Gasteiger partial charge on any atom is 0.0105 e. The zero-order valence-electron chi connectivity index (χ0n) is 11.9. The van der Waals surface area contributed by atoms with Crippen molar-refractivity contribution in [2.45, 2.75) is 32.2 Å². The lowest BCUT2D eigenvalue weighted by Gasteiger charge is -2.29. The van der Waals surface area contributed by atoms with Gasteiger partial charge in [0, 0.05) is 12.6 Å². The number of likely N-dealkylation sites (tertiary alicyclic amines) is 1. The highest BCUT2D eigenvalue weighted by molar-refractivity contribution is 5.21. The van der Waals surface area contributed by atoms with Gasteiger partial charge in [0.05, 0.1) is 0 Å². The fraction of sp³-hybridized carbons (Fsp3) is 0.625. The van der Waals surface area contributed by atoms with Crippen LogP contribution in [0.2, 0.25) is 0 Å². The van der Waals surface area contributed by atoms with Gasteiger partial charge >= 0.3 is 0 Å². The Balaban J connectivity index is 1.92.